The van der Waals surface area contributed by atoms with Gasteiger partial charge in [0.25, 0.3) is 0 Å². The van der Waals surface area contributed by atoms with E-state index < -0.39 is 50.7 Å². The van der Waals surface area contributed by atoms with Gasteiger partial charge in [-0.1, -0.05) is 60.7 Å². The van der Waals surface area contributed by atoms with Crippen molar-refractivity contribution in [2.45, 2.75) is 156 Å². The Bertz CT molecular complexity index is 2500. The van der Waals surface area contributed by atoms with E-state index in [4.69, 9.17) is 46.1 Å². The largest absolute Gasteiger partial charge is 1.00 e. The number of hydrogen-bond acceptors (Lipinski definition) is 10. The zero-order valence-corrected chi connectivity index (χ0v) is 45.8. The monoisotopic (exact) mass is 1130 g/mol. The van der Waals surface area contributed by atoms with E-state index in [9.17, 15) is 0 Å². The first-order valence-corrected chi connectivity index (χ1v) is 23.7. The van der Waals surface area contributed by atoms with Gasteiger partial charge in [-0.05, 0) is 155 Å². The molecule has 0 atom stereocenters. The van der Waals surface area contributed by atoms with E-state index in [0.717, 1.165) is 63.7 Å². The second-order valence-electron chi connectivity index (χ2n) is 21.3. The van der Waals surface area contributed by atoms with E-state index in [0.29, 0.717) is 0 Å². The Morgan fingerprint density at radius 2 is 0.554 bits per heavy atom. The molecule has 4 aliphatic rings. The lowest BCUT2D eigenvalue weighted by Gasteiger charge is -2.32. The van der Waals surface area contributed by atoms with E-state index in [2.05, 4.69) is 112 Å². The average Bonchev–Trinajstić information content (AvgIpc) is 3.96. The van der Waals surface area contributed by atoms with Crippen molar-refractivity contribution < 1.29 is 70.0 Å². The molecule has 0 radical (unpaired) electrons. The van der Waals surface area contributed by atoms with Crippen molar-refractivity contribution in [2.24, 2.45) is 0 Å². The molecular formula is C48H60B4Br2IO10-. The summed E-state index contributed by atoms with van der Waals surface area (Å²) in [6.07, 6.45) is 0. The minimum Gasteiger partial charge on any atom is -1.00 e. The summed E-state index contributed by atoms with van der Waals surface area (Å²) in [5, 5.41) is 4.34. The van der Waals surface area contributed by atoms with Crippen molar-refractivity contribution in [1.82, 2.24) is 0 Å². The molecule has 0 aliphatic carbocycles. The summed E-state index contributed by atoms with van der Waals surface area (Å²) >= 11 is 6.98. The second-order valence-corrected chi connectivity index (χ2v) is 23.0. The van der Waals surface area contributed by atoms with Crippen LogP contribution < -0.4 is 34.9 Å². The summed E-state index contributed by atoms with van der Waals surface area (Å²) in [7, 11) is -1.93. The number of rotatable bonds is 3. The van der Waals surface area contributed by atoms with Crippen LogP contribution >= 0.6 is 31.9 Å². The fourth-order valence-electron chi connectivity index (χ4n) is 7.93. The van der Waals surface area contributed by atoms with Crippen LogP contribution in [0.3, 0.4) is 0 Å². The average molecular weight is 1130 g/mol. The van der Waals surface area contributed by atoms with E-state index in [1.54, 1.807) is 0 Å². The maximum atomic E-state index is 6.49. The van der Waals surface area contributed by atoms with Crippen LogP contribution in [0.5, 0.6) is 0 Å². The summed E-state index contributed by atoms with van der Waals surface area (Å²) in [6, 6.07) is 24.4. The molecule has 10 rings (SSSR count). The Morgan fingerprint density at radius 3 is 0.846 bits per heavy atom. The summed E-state index contributed by atoms with van der Waals surface area (Å²) in [4.78, 5) is 0. The first-order valence-electron chi connectivity index (χ1n) is 22.1. The molecule has 6 heterocycles. The Balaban J connectivity index is 0.000000157. The van der Waals surface area contributed by atoms with Gasteiger partial charge in [0.15, 0.2) is 0 Å². The highest BCUT2D eigenvalue weighted by Gasteiger charge is 2.64. The number of benzene rings is 4. The number of furan rings is 2. The third kappa shape index (κ3) is 8.98. The van der Waals surface area contributed by atoms with Gasteiger partial charge in [-0.15, -0.1) is 0 Å². The van der Waals surface area contributed by atoms with Crippen LogP contribution in [0, 0.1) is 0 Å². The van der Waals surface area contributed by atoms with Crippen molar-refractivity contribution in [3.05, 3.63) is 81.7 Å². The minimum absolute atomic E-state index is 0. The first-order chi connectivity index (χ1) is 29.5. The van der Waals surface area contributed by atoms with E-state index in [1.807, 2.05) is 104 Å². The van der Waals surface area contributed by atoms with Crippen LogP contribution in [0.15, 0.2) is 90.6 Å². The van der Waals surface area contributed by atoms with Crippen molar-refractivity contribution >= 4 is 115 Å². The van der Waals surface area contributed by atoms with Crippen molar-refractivity contribution in [3.8, 4) is 0 Å². The quantitative estimate of drug-likeness (QED) is 0.127. The van der Waals surface area contributed by atoms with E-state index in [-0.39, 0.29) is 46.4 Å². The lowest BCUT2D eigenvalue weighted by atomic mass is 9.49. The van der Waals surface area contributed by atoms with Crippen LogP contribution in [-0.2, 0) is 37.2 Å². The third-order valence-electron chi connectivity index (χ3n) is 14.8. The highest BCUT2D eigenvalue weighted by Crippen LogP contribution is 2.44. The van der Waals surface area contributed by atoms with Gasteiger partial charge >= 0.3 is 28.3 Å². The molecule has 0 spiro atoms. The van der Waals surface area contributed by atoms with Crippen LogP contribution in [0.1, 0.15) is 111 Å². The minimum atomic E-state index is -0.491. The molecule has 0 N–H and O–H groups in total. The molecule has 0 unspecified atom stereocenters. The van der Waals surface area contributed by atoms with Gasteiger partial charge in [-0.25, -0.2) is 0 Å². The smallest absolute Gasteiger partial charge is 0.498 e. The van der Waals surface area contributed by atoms with Crippen LogP contribution in [0.25, 0.3) is 43.9 Å². The number of hydrogen-bond donors (Lipinski definition) is 0. The van der Waals surface area contributed by atoms with Crippen molar-refractivity contribution in [3.63, 3.8) is 0 Å². The van der Waals surface area contributed by atoms with Gasteiger partial charge in [0, 0.05) is 32.5 Å². The molecule has 0 saturated carbocycles. The topological polar surface area (TPSA) is 100 Å². The Morgan fingerprint density at radius 1 is 0.323 bits per heavy atom. The molecular weight excluding hydrogens is 1070 g/mol. The van der Waals surface area contributed by atoms with E-state index >= 15 is 0 Å². The number of para-hydroxylation sites is 4. The normalized spacial score (nSPS) is 22.9. The lowest BCUT2D eigenvalue weighted by molar-refractivity contribution is -0.0000244. The van der Waals surface area contributed by atoms with Gasteiger partial charge in [0.1, 0.15) is 22.3 Å². The SMILES string of the molecule is Brc1cccc2c1oc1c(Br)cccc12.CC1(C)OB(B2OC(C)(C)C(C)(C)O2)OC1(C)C.CC1(C)OB(c2cccc3c2oc2c(B4OC(C)(C)C(C)(C)O4)cccc23)OC1(C)C.[I-]. The van der Waals surface area contributed by atoms with Crippen molar-refractivity contribution in [2.75, 3.05) is 0 Å². The summed E-state index contributed by atoms with van der Waals surface area (Å²) < 4.78 is 63.4. The Hall–Kier alpha value is -1.89. The zero-order valence-electron chi connectivity index (χ0n) is 40.5. The fourth-order valence-corrected chi connectivity index (χ4v) is 8.82. The zero-order chi connectivity index (χ0) is 46.8. The lowest BCUT2D eigenvalue weighted by Crippen LogP contribution is -3.00. The van der Waals surface area contributed by atoms with Crippen LogP contribution in [0.4, 0.5) is 0 Å². The van der Waals surface area contributed by atoms with Gasteiger partial charge in [0.2, 0.25) is 0 Å². The molecule has 6 aromatic rings. The number of fused-ring (bicyclic) bond motifs is 6. The molecule has 17 heteroatoms. The molecule has 0 bridgehead atoms. The first kappa shape index (κ1) is 51.0. The Labute approximate surface area is 419 Å². The maximum Gasteiger partial charge on any atom is 0.498 e. The van der Waals surface area contributed by atoms with Gasteiger partial charge in [-0.3, -0.25) is 0 Å². The van der Waals surface area contributed by atoms with Crippen molar-refractivity contribution in [1.29, 1.82) is 0 Å². The molecule has 65 heavy (non-hydrogen) atoms. The predicted molar refractivity (Wildman–Crippen MR) is 266 cm³/mol. The van der Waals surface area contributed by atoms with E-state index in [1.165, 1.54) is 0 Å². The summed E-state index contributed by atoms with van der Waals surface area (Å²) in [5.41, 5.74) is 2.04. The van der Waals surface area contributed by atoms with Gasteiger partial charge in [0.05, 0.1) is 53.8 Å². The standard InChI is InChI=1S/C24H30B2O5.C12H24B2O4.C12H6Br2O.HI/c1-21(2)22(3,4)29-25(28-21)17-13-9-11-15-16-12-10-14-18(20(16)27-19(15)17)26-30-23(5,6)24(7,8)31-26;1-9(2)10(3,4)16-13(15-9)14-17-11(5,6)12(7,8)18-14;13-9-5-1-3-7-8-4-2-6-10(14)12(8)15-11(7)9;/h9-14H,1-8H3;1-8H3;1-6H;1H/p-1. The Kier molecular flexibility index (Phi) is 13.5. The highest BCUT2D eigenvalue weighted by molar-refractivity contribution is 9.11. The predicted octanol–water partition coefficient (Wildman–Crippen LogP) is 8.55. The van der Waals surface area contributed by atoms with Crippen LogP contribution in [-0.4, -0.2) is 73.1 Å². The molecule has 346 valence electrons. The molecule has 4 saturated heterocycles. The van der Waals surface area contributed by atoms with Crippen LogP contribution in [0.2, 0.25) is 0 Å². The third-order valence-corrected chi connectivity index (χ3v) is 16.0. The maximum absolute atomic E-state index is 6.49. The summed E-state index contributed by atoms with van der Waals surface area (Å²) in [5.74, 6) is 0. The molecule has 4 fully saturated rings. The summed E-state index contributed by atoms with van der Waals surface area (Å²) in [6.45, 7) is 32.7. The molecule has 4 aliphatic heterocycles. The molecule has 0 amide bonds. The second kappa shape index (κ2) is 17.2. The molecule has 2 aromatic heterocycles. The molecule has 10 nitrogen and oxygen atoms in total. The van der Waals surface area contributed by atoms with Gasteiger partial charge < -0.3 is 70.0 Å². The molecule has 4 aromatic carbocycles. The number of halogens is 3. The van der Waals surface area contributed by atoms with Gasteiger partial charge in [-0.2, -0.15) is 0 Å². The highest BCUT2D eigenvalue weighted by atomic mass is 127. The fraction of sp³-hybridized carbons (Fsp3) is 0.500.